The average Bonchev–Trinajstić information content (AvgIpc) is 3.25. The summed E-state index contributed by atoms with van der Waals surface area (Å²) >= 11 is 4.54. The SMILES string of the molecule is OC1CCC(n2cc(I)cn2)CC1.OC1CCC(n2cc(I)cn2)CC1. The van der Waals surface area contributed by atoms with Crippen LogP contribution in [0.2, 0.25) is 0 Å². The van der Waals surface area contributed by atoms with Crippen molar-refractivity contribution in [3.63, 3.8) is 0 Å². The number of aliphatic hydroxyl groups is 2. The fourth-order valence-electron chi connectivity index (χ4n) is 3.67. The zero-order valence-electron chi connectivity index (χ0n) is 14.7. The molecule has 2 aromatic heterocycles. The third kappa shape index (κ3) is 5.90. The normalized spacial score (nSPS) is 29.1. The number of halogens is 2. The van der Waals surface area contributed by atoms with Gasteiger partial charge in [-0.05, 0) is 96.5 Å². The van der Waals surface area contributed by atoms with Crippen molar-refractivity contribution in [2.75, 3.05) is 0 Å². The molecule has 2 aliphatic rings. The molecule has 4 rings (SSSR count). The molecule has 26 heavy (non-hydrogen) atoms. The van der Waals surface area contributed by atoms with Crippen LogP contribution in [0.25, 0.3) is 0 Å². The zero-order valence-corrected chi connectivity index (χ0v) is 19.0. The fourth-order valence-corrected chi connectivity index (χ4v) is 4.49. The second-order valence-electron chi connectivity index (χ2n) is 7.20. The largest absolute Gasteiger partial charge is 0.393 e. The summed E-state index contributed by atoms with van der Waals surface area (Å²) in [5.74, 6) is 0. The Kier molecular flexibility index (Phi) is 7.76. The van der Waals surface area contributed by atoms with Gasteiger partial charge in [-0.2, -0.15) is 10.2 Å². The summed E-state index contributed by atoms with van der Waals surface area (Å²) in [5, 5.41) is 27.3. The Labute approximate surface area is 181 Å². The lowest BCUT2D eigenvalue weighted by Gasteiger charge is -2.25. The molecule has 0 amide bonds. The van der Waals surface area contributed by atoms with Crippen LogP contribution in [0.3, 0.4) is 0 Å². The van der Waals surface area contributed by atoms with Gasteiger partial charge in [0.25, 0.3) is 0 Å². The van der Waals surface area contributed by atoms with Crippen molar-refractivity contribution in [1.82, 2.24) is 19.6 Å². The molecule has 0 bridgehead atoms. The van der Waals surface area contributed by atoms with E-state index in [1.165, 1.54) is 7.14 Å². The molecule has 0 aromatic carbocycles. The highest BCUT2D eigenvalue weighted by Crippen LogP contribution is 2.29. The summed E-state index contributed by atoms with van der Waals surface area (Å²) in [6.45, 7) is 0. The number of rotatable bonds is 2. The van der Waals surface area contributed by atoms with Gasteiger partial charge in [0.2, 0.25) is 0 Å². The maximum atomic E-state index is 9.35. The molecule has 2 aromatic rings. The van der Waals surface area contributed by atoms with Gasteiger partial charge in [-0.25, -0.2) is 0 Å². The van der Waals surface area contributed by atoms with E-state index in [4.69, 9.17) is 0 Å². The van der Waals surface area contributed by atoms with E-state index in [0.717, 1.165) is 51.4 Å². The molecule has 2 N–H and O–H groups in total. The average molecular weight is 584 g/mol. The number of aliphatic hydroxyl groups excluding tert-OH is 2. The molecule has 0 saturated heterocycles. The molecule has 8 heteroatoms. The van der Waals surface area contributed by atoms with E-state index in [1.54, 1.807) is 0 Å². The highest BCUT2D eigenvalue weighted by atomic mass is 127. The van der Waals surface area contributed by atoms with Gasteiger partial charge in [0.05, 0.1) is 43.8 Å². The Morgan fingerprint density at radius 2 is 1.04 bits per heavy atom. The fraction of sp³-hybridized carbons (Fsp3) is 0.667. The molecule has 2 heterocycles. The summed E-state index contributed by atoms with van der Waals surface area (Å²) < 4.78 is 6.44. The summed E-state index contributed by atoms with van der Waals surface area (Å²) in [6, 6.07) is 1.01. The van der Waals surface area contributed by atoms with Crippen LogP contribution in [-0.2, 0) is 0 Å². The minimum Gasteiger partial charge on any atom is -0.393 e. The van der Waals surface area contributed by atoms with Crippen molar-refractivity contribution >= 4 is 45.2 Å². The Morgan fingerprint density at radius 1 is 0.692 bits per heavy atom. The molecule has 0 aliphatic heterocycles. The van der Waals surface area contributed by atoms with E-state index in [2.05, 4.69) is 67.8 Å². The first-order chi connectivity index (χ1) is 12.5. The van der Waals surface area contributed by atoms with Gasteiger partial charge in [-0.1, -0.05) is 0 Å². The highest BCUT2D eigenvalue weighted by molar-refractivity contribution is 14.1. The first-order valence-corrected chi connectivity index (χ1v) is 11.4. The first kappa shape index (κ1) is 20.5. The van der Waals surface area contributed by atoms with Crippen LogP contribution in [0.1, 0.15) is 63.5 Å². The Bertz CT molecular complexity index is 616. The molecule has 2 aliphatic carbocycles. The predicted molar refractivity (Wildman–Crippen MR) is 117 cm³/mol. The second kappa shape index (κ2) is 9.83. The minimum atomic E-state index is -0.0779. The Hall–Kier alpha value is -0.200. The van der Waals surface area contributed by atoms with Crippen molar-refractivity contribution in [1.29, 1.82) is 0 Å². The van der Waals surface area contributed by atoms with Crippen LogP contribution in [0.15, 0.2) is 24.8 Å². The van der Waals surface area contributed by atoms with Crippen molar-refractivity contribution in [3.8, 4) is 0 Å². The van der Waals surface area contributed by atoms with E-state index >= 15 is 0 Å². The van der Waals surface area contributed by atoms with Gasteiger partial charge in [0, 0.05) is 12.4 Å². The van der Waals surface area contributed by atoms with Crippen molar-refractivity contribution in [2.24, 2.45) is 0 Å². The predicted octanol–water partition coefficient (Wildman–Crippen LogP) is 3.93. The zero-order chi connectivity index (χ0) is 18.5. The minimum absolute atomic E-state index is 0.0779. The van der Waals surface area contributed by atoms with Crippen LogP contribution in [0.5, 0.6) is 0 Å². The smallest absolute Gasteiger partial charge is 0.0623 e. The van der Waals surface area contributed by atoms with Crippen LogP contribution < -0.4 is 0 Å². The van der Waals surface area contributed by atoms with Crippen molar-refractivity contribution in [2.45, 2.75) is 75.7 Å². The van der Waals surface area contributed by atoms with Crippen LogP contribution in [0.4, 0.5) is 0 Å². The van der Waals surface area contributed by atoms with Gasteiger partial charge >= 0.3 is 0 Å². The first-order valence-electron chi connectivity index (χ1n) is 9.26. The van der Waals surface area contributed by atoms with E-state index in [9.17, 15) is 10.2 Å². The molecule has 6 nitrogen and oxygen atoms in total. The van der Waals surface area contributed by atoms with Gasteiger partial charge in [0.15, 0.2) is 0 Å². The van der Waals surface area contributed by atoms with Gasteiger partial charge in [-0.3, -0.25) is 9.36 Å². The highest BCUT2D eigenvalue weighted by Gasteiger charge is 2.21. The van der Waals surface area contributed by atoms with Crippen LogP contribution in [-0.4, -0.2) is 42.0 Å². The van der Waals surface area contributed by atoms with Crippen LogP contribution in [0, 0.1) is 7.14 Å². The molecule has 2 fully saturated rings. The summed E-state index contributed by atoms with van der Waals surface area (Å²) in [6.07, 6.45) is 15.6. The lowest BCUT2D eigenvalue weighted by molar-refractivity contribution is 0.107. The van der Waals surface area contributed by atoms with Gasteiger partial charge < -0.3 is 10.2 Å². The molecule has 144 valence electrons. The number of hydrogen-bond acceptors (Lipinski definition) is 4. The standard InChI is InChI=1S/2C9H13IN2O/c2*10-7-5-11-12(6-7)8-1-3-9(13)4-2-8/h2*5-6,8-9,13H,1-4H2. The van der Waals surface area contributed by atoms with E-state index in [1.807, 2.05) is 21.8 Å². The van der Waals surface area contributed by atoms with Crippen LogP contribution >= 0.6 is 45.2 Å². The molecular formula is C18H26I2N4O2. The number of hydrogen-bond donors (Lipinski definition) is 2. The molecule has 0 radical (unpaired) electrons. The second-order valence-corrected chi connectivity index (χ2v) is 9.69. The van der Waals surface area contributed by atoms with Gasteiger partial charge in [0.1, 0.15) is 0 Å². The molecule has 0 spiro atoms. The van der Waals surface area contributed by atoms with Crippen molar-refractivity contribution in [3.05, 3.63) is 31.9 Å². The van der Waals surface area contributed by atoms with E-state index in [0.29, 0.717) is 12.1 Å². The number of nitrogens with zero attached hydrogens (tertiary/aromatic N) is 4. The molecule has 2 saturated carbocycles. The Morgan fingerprint density at radius 3 is 1.31 bits per heavy atom. The maximum Gasteiger partial charge on any atom is 0.0623 e. The summed E-state index contributed by atoms with van der Waals surface area (Å²) in [5.41, 5.74) is 0. The summed E-state index contributed by atoms with van der Waals surface area (Å²) in [7, 11) is 0. The lowest BCUT2D eigenvalue weighted by atomic mass is 9.93. The molecular weight excluding hydrogens is 558 g/mol. The van der Waals surface area contributed by atoms with Crippen molar-refractivity contribution < 1.29 is 10.2 Å². The Balaban J connectivity index is 0.000000151. The topological polar surface area (TPSA) is 76.1 Å². The summed E-state index contributed by atoms with van der Waals surface area (Å²) in [4.78, 5) is 0. The van der Waals surface area contributed by atoms with Gasteiger partial charge in [-0.15, -0.1) is 0 Å². The maximum absolute atomic E-state index is 9.35. The van der Waals surface area contributed by atoms with E-state index in [-0.39, 0.29) is 12.2 Å². The van der Waals surface area contributed by atoms with E-state index < -0.39 is 0 Å². The quantitative estimate of drug-likeness (QED) is 0.526. The third-order valence-electron chi connectivity index (χ3n) is 5.22. The monoisotopic (exact) mass is 584 g/mol. The lowest BCUT2D eigenvalue weighted by Crippen LogP contribution is -2.21. The number of aromatic nitrogens is 4. The molecule has 0 unspecified atom stereocenters. The third-order valence-corrected chi connectivity index (χ3v) is 6.33. The molecule has 0 atom stereocenters.